The van der Waals surface area contributed by atoms with E-state index < -0.39 is 35.1 Å². The minimum atomic E-state index is -4.62. The summed E-state index contributed by atoms with van der Waals surface area (Å²) in [6.45, 7) is 3.05. The van der Waals surface area contributed by atoms with Gasteiger partial charge >= 0.3 is 12.1 Å². The molecule has 18 heteroatoms. The van der Waals surface area contributed by atoms with Gasteiger partial charge in [0.05, 0.1) is 46.3 Å². The normalized spacial score (nSPS) is 15.1. The van der Waals surface area contributed by atoms with Crippen molar-refractivity contribution in [2.75, 3.05) is 49.6 Å². The van der Waals surface area contributed by atoms with Crippen molar-refractivity contribution in [3.8, 4) is 0 Å². The van der Waals surface area contributed by atoms with Crippen LogP contribution in [0, 0.1) is 0 Å². The van der Waals surface area contributed by atoms with E-state index in [-0.39, 0.29) is 78.1 Å². The highest BCUT2D eigenvalue weighted by atomic mass is 35.5. The summed E-state index contributed by atoms with van der Waals surface area (Å²) in [4.78, 5) is 65.6. The second-order valence-electron chi connectivity index (χ2n) is 12.6. The molecule has 5 aromatic rings. The maximum atomic E-state index is 14.3. The van der Waals surface area contributed by atoms with Crippen LogP contribution in [0.5, 0.6) is 0 Å². The lowest BCUT2D eigenvalue weighted by Crippen LogP contribution is -2.51. The van der Waals surface area contributed by atoms with Gasteiger partial charge in [-0.25, -0.2) is 9.78 Å². The predicted octanol–water partition coefficient (Wildman–Crippen LogP) is 4.78. The first-order valence-electron chi connectivity index (χ1n) is 17.0. The fraction of sp³-hybridized carbons (Fsp3) is 0.306. The van der Waals surface area contributed by atoms with E-state index >= 15 is 0 Å². The lowest BCUT2D eigenvalue weighted by molar-refractivity contribution is -0.137. The van der Waals surface area contributed by atoms with Crippen LogP contribution < -0.4 is 15.8 Å². The summed E-state index contributed by atoms with van der Waals surface area (Å²) in [6, 6.07) is 10.5. The quantitative estimate of drug-likeness (QED) is 0.225. The molecule has 0 bridgehead atoms. The topological polar surface area (TPSA) is 164 Å². The first-order valence-corrected chi connectivity index (χ1v) is 17.3. The number of ether oxygens (including phenoxy) is 1. The first kappa shape index (κ1) is 36.5. The number of carbonyl (C=O) groups is 3. The fourth-order valence-corrected chi connectivity index (χ4v) is 6.88. The zero-order chi connectivity index (χ0) is 38.3. The Morgan fingerprint density at radius 1 is 1.04 bits per heavy atom. The van der Waals surface area contributed by atoms with Crippen LogP contribution in [0.3, 0.4) is 0 Å². The van der Waals surface area contributed by atoms with E-state index in [1.807, 2.05) is 17.9 Å². The molecule has 7 rings (SSSR count). The van der Waals surface area contributed by atoms with Crippen LogP contribution >= 0.6 is 11.6 Å². The molecule has 54 heavy (non-hydrogen) atoms. The van der Waals surface area contributed by atoms with Crippen molar-refractivity contribution in [1.29, 1.82) is 0 Å². The van der Waals surface area contributed by atoms with Crippen LogP contribution in [-0.4, -0.2) is 91.3 Å². The number of aromatic carboxylic acids is 1. The molecule has 1 fully saturated rings. The number of hydrogen-bond donors (Lipinski definition) is 2. The van der Waals surface area contributed by atoms with Gasteiger partial charge in [-0.05, 0) is 48.7 Å². The van der Waals surface area contributed by atoms with E-state index in [9.17, 15) is 37.5 Å². The van der Waals surface area contributed by atoms with Crippen molar-refractivity contribution in [2.45, 2.75) is 32.5 Å². The Morgan fingerprint density at radius 2 is 1.81 bits per heavy atom. The summed E-state index contributed by atoms with van der Waals surface area (Å²) < 4.78 is 47.8. The highest BCUT2D eigenvalue weighted by Gasteiger charge is 2.32. The number of pyridine rings is 1. The van der Waals surface area contributed by atoms with Crippen LogP contribution in [0.4, 0.5) is 24.5 Å². The van der Waals surface area contributed by atoms with Gasteiger partial charge in [0.25, 0.3) is 11.5 Å². The molecule has 0 unspecified atom stereocenters. The van der Waals surface area contributed by atoms with Gasteiger partial charge in [-0.3, -0.25) is 14.4 Å². The number of aromatic nitrogens is 5. The van der Waals surface area contributed by atoms with Gasteiger partial charge in [-0.2, -0.15) is 22.7 Å². The number of nitrogens with zero attached hydrogens (tertiary/aromatic N) is 7. The van der Waals surface area contributed by atoms with E-state index in [0.29, 0.717) is 36.5 Å². The molecule has 0 aliphatic carbocycles. The Morgan fingerprint density at radius 3 is 2.48 bits per heavy atom. The third-order valence-electron chi connectivity index (χ3n) is 9.34. The number of para-hydroxylation sites is 1. The lowest BCUT2D eigenvalue weighted by Gasteiger charge is -2.36. The number of carbonyl (C=O) groups excluding carboxylic acids is 2. The van der Waals surface area contributed by atoms with Gasteiger partial charge in [0.2, 0.25) is 11.7 Å². The summed E-state index contributed by atoms with van der Waals surface area (Å²) in [7, 11) is 0. The third kappa shape index (κ3) is 6.99. The number of fused-ring (bicyclic) bond motifs is 2. The molecule has 0 saturated carbocycles. The fourth-order valence-electron chi connectivity index (χ4n) is 6.66. The number of nitrogens with one attached hydrogen (secondary N) is 1. The number of amides is 2. The molecule has 2 aromatic carbocycles. The van der Waals surface area contributed by atoms with Crippen LogP contribution in [-0.2, 0) is 28.7 Å². The largest absolute Gasteiger partial charge is 0.478 e. The van der Waals surface area contributed by atoms with E-state index in [1.165, 1.54) is 6.07 Å². The molecule has 280 valence electrons. The summed E-state index contributed by atoms with van der Waals surface area (Å²) in [5.74, 6) is -1.82. The maximum absolute atomic E-state index is 14.3. The lowest BCUT2D eigenvalue weighted by atomic mass is 10.1. The molecule has 2 aliphatic heterocycles. The van der Waals surface area contributed by atoms with Crippen molar-refractivity contribution in [2.24, 2.45) is 0 Å². The van der Waals surface area contributed by atoms with Crippen molar-refractivity contribution < 1.29 is 37.4 Å². The number of benzene rings is 2. The Balaban J connectivity index is 1.20. The number of anilines is 2. The van der Waals surface area contributed by atoms with Gasteiger partial charge < -0.3 is 29.5 Å². The summed E-state index contributed by atoms with van der Waals surface area (Å²) in [6.07, 6.45) is -2.02. The number of carboxylic acids is 1. The summed E-state index contributed by atoms with van der Waals surface area (Å²) in [5.41, 5.74) is 0.263. The number of alkyl halides is 3. The molecular weight excluding hydrogens is 733 g/mol. The molecule has 5 heterocycles. The minimum Gasteiger partial charge on any atom is -0.478 e. The Labute approximate surface area is 309 Å². The van der Waals surface area contributed by atoms with Gasteiger partial charge in [0.1, 0.15) is 17.9 Å². The molecule has 3 aromatic heterocycles. The molecule has 2 aliphatic rings. The molecule has 0 spiro atoms. The predicted molar refractivity (Wildman–Crippen MR) is 192 cm³/mol. The minimum absolute atomic E-state index is 0.0220. The standard InChI is InChI=1S/C36H32ClF3N8O6/c1-2-27-30(45-12-14-46(15-13-45)32(50)26-8-6-20-4-3-5-23(34(52)53)29(20)42-26)33(51)48-35(43-31(44-48)21-10-16-54-17-11-21)47(27)19-28(49)41-25-9-7-22(18-24(25)37)36(38,39)40/h3-10,18H,2,11-17,19H2,1H3,(H,41,49)(H,52,53). The zero-order valence-corrected chi connectivity index (χ0v) is 29.4. The van der Waals surface area contributed by atoms with Crippen molar-refractivity contribution in [1.82, 2.24) is 29.0 Å². The summed E-state index contributed by atoms with van der Waals surface area (Å²) >= 11 is 6.12. The molecule has 0 radical (unpaired) electrons. The summed E-state index contributed by atoms with van der Waals surface area (Å²) in [5, 5.41) is 17.0. The van der Waals surface area contributed by atoms with E-state index in [0.717, 1.165) is 28.3 Å². The van der Waals surface area contributed by atoms with E-state index in [4.69, 9.17) is 16.3 Å². The van der Waals surface area contributed by atoms with Crippen LogP contribution in [0.1, 0.15) is 51.3 Å². The number of piperazine rings is 1. The molecule has 2 N–H and O–H groups in total. The number of hydrogen-bond acceptors (Lipinski definition) is 9. The molecular formula is C36H32ClF3N8O6. The molecule has 14 nitrogen and oxygen atoms in total. The Kier molecular flexibility index (Phi) is 9.85. The number of rotatable bonds is 8. The second-order valence-corrected chi connectivity index (χ2v) is 13.0. The van der Waals surface area contributed by atoms with Crippen molar-refractivity contribution >= 4 is 63.0 Å². The monoisotopic (exact) mass is 764 g/mol. The SMILES string of the molecule is CCc1c(N2CCN(C(=O)c3ccc4cccc(C(=O)O)c4n3)CC2)c(=O)n2nc(C3=CCOCC3)nc2n1CC(=O)Nc1ccc(C(F)(F)F)cc1Cl. The Bertz CT molecular complexity index is 2420. The van der Waals surface area contributed by atoms with Gasteiger partial charge in [-0.1, -0.05) is 42.8 Å². The molecule has 2 amide bonds. The highest BCUT2D eigenvalue weighted by Crippen LogP contribution is 2.34. The van der Waals surface area contributed by atoms with Crippen molar-refractivity contribution in [3.63, 3.8) is 0 Å². The Hall–Kier alpha value is -5.81. The average Bonchev–Trinajstić information content (AvgIpc) is 3.62. The van der Waals surface area contributed by atoms with Gasteiger partial charge in [0.15, 0.2) is 5.82 Å². The highest BCUT2D eigenvalue weighted by molar-refractivity contribution is 6.33. The van der Waals surface area contributed by atoms with E-state index in [2.05, 4.69) is 20.4 Å². The van der Waals surface area contributed by atoms with Gasteiger partial charge in [0, 0.05) is 31.6 Å². The first-order chi connectivity index (χ1) is 25.8. The number of halogens is 4. The van der Waals surface area contributed by atoms with E-state index in [1.54, 1.807) is 33.7 Å². The van der Waals surface area contributed by atoms with Crippen LogP contribution in [0.2, 0.25) is 5.02 Å². The van der Waals surface area contributed by atoms with Crippen LogP contribution in [0.15, 0.2) is 59.4 Å². The van der Waals surface area contributed by atoms with Gasteiger partial charge in [-0.15, -0.1) is 5.10 Å². The maximum Gasteiger partial charge on any atom is 0.416 e. The average molecular weight is 765 g/mol. The number of carboxylic acid groups (broad SMARTS) is 1. The zero-order valence-electron chi connectivity index (χ0n) is 28.7. The molecule has 0 atom stereocenters. The second kappa shape index (κ2) is 14.5. The van der Waals surface area contributed by atoms with Crippen LogP contribution in [0.25, 0.3) is 22.3 Å². The molecule has 1 saturated heterocycles. The van der Waals surface area contributed by atoms with Crippen molar-refractivity contribution in [3.05, 3.63) is 98.3 Å². The third-order valence-corrected chi connectivity index (χ3v) is 9.65. The smallest absolute Gasteiger partial charge is 0.416 e.